The third-order valence-electron chi connectivity index (χ3n) is 2.51. The van der Waals surface area contributed by atoms with Crippen LogP contribution in [0.4, 0.5) is 0 Å². The van der Waals surface area contributed by atoms with E-state index in [2.05, 4.69) is 41.8 Å². The Morgan fingerprint density at radius 1 is 1.33 bits per heavy atom. The van der Waals surface area contributed by atoms with Crippen LogP contribution in [0.25, 0.3) is 0 Å². The van der Waals surface area contributed by atoms with Crippen molar-refractivity contribution >= 4 is 12.6 Å². The van der Waals surface area contributed by atoms with Gasteiger partial charge in [0, 0.05) is 19.0 Å². The number of aliphatic hydroxyl groups is 1. The van der Waals surface area contributed by atoms with Crippen LogP contribution in [-0.2, 0) is 0 Å². The number of hydrogen-bond acceptors (Lipinski definition) is 3. The molecule has 0 aliphatic heterocycles. The number of benzene rings is 1. The van der Waals surface area contributed by atoms with Crippen molar-refractivity contribution in [2.75, 3.05) is 32.5 Å². The van der Waals surface area contributed by atoms with Crippen molar-refractivity contribution in [3.8, 4) is 0 Å². The summed E-state index contributed by atoms with van der Waals surface area (Å²) in [7, 11) is 2.02. The lowest BCUT2D eigenvalue weighted by atomic mass is 10.0. The number of aliphatic hydroxyl groups excluding tert-OH is 1. The van der Waals surface area contributed by atoms with Gasteiger partial charge in [0.2, 0.25) is 0 Å². The van der Waals surface area contributed by atoms with E-state index in [1.807, 2.05) is 13.1 Å². The van der Waals surface area contributed by atoms with Gasteiger partial charge in [0.1, 0.15) is 0 Å². The average molecular weight is 225 g/mol. The van der Waals surface area contributed by atoms with Crippen LogP contribution in [0.1, 0.15) is 11.5 Å². The molecule has 1 N–H and O–H groups in total. The number of thiol groups is 1. The van der Waals surface area contributed by atoms with Gasteiger partial charge in [0.15, 0.2) is 0 Å². The first-order valence-electron chi connectivity index (χ1n) is 5.23. The zero-order chi connectivity index (χ0) is 11.1. The first kappa shape index (κ1) is 12.6. The molecule has 0 bridgehead atoms. The summed E-state index contributed by atoms with van der Waals surface area (Å²) in [6.45, 7) is 1.87. The van der Waals surface area contributed by atoms with Crippen molar-refractivity contribution in [2.45, 2.75) is 5.92 Å². The van der Waals surface area contributed by atoms with Crippen molar-refractivity contribution in [3.63, 3.8) is 0 Å². The van der Waals surface area contributed by atoms with Gasteiger partial charge in [-0.1, -0.05) is 30.3 Å². The van der Waals surface area contributed by atoms with E-state index in [0.717, 1.165) is 18.8 Å². The van der Waals surface area contributed by atoms with Crippen LogP contribution in [0.5, 0.6) is 0 Å². The van der Waals surface area contributed by atoms with E-state index in [4.69, 9.17) is 5.11 Å². The van der Waals surface area contributed by atoms with E-state index in [-0.39, 0.29) is 6.61 Å². The standard InChI is InChI=1S/C12H19NOS/c1-13(7-8-14)9-12(10-15)11-5-3-2-4-6-11/h2-6,12,14-15H,7-10H2,1H3. The Hall–Kier alpha value is -0.510. The van der Waals surface area contributed by atoms with Crippen LogP contribution in [-0.4, -0.2) is 42.5 Å². The monoisotopic (exact) mass is 225 g/mol. The largest absolute Gasteiger partial charge is 0.395 e. The molecule has 1 aromatic rings. The van der Waals surface area contributed by atoms with E-state index in [9.17, 15) is 0 Å². The minimum absolute atomic E-state index is 0.213. The van der Waals surface area contributed by atoms with Crippen molar-refractivity contribution in [1.82, 2.24) is 4.90 Å². The van der Waals surface area contributed by atoms with Gasteiger partial charge in [-0.2, -0.15) is 12.6 Å². The summed E-state index contributed by atoms with van der Waals surface area (Å²) in [5.74, 6) is 1.27. The lowest BCUT2D eigenvalue weighted by molar-refractivity contribution is 0.217. The second kappa shape index (κ2) is 6.88. The second-order valence-electron chi connectivity index (χ2n) is 3.78. The van der Waals surface area contributed by atoms with Crippen LogP contribution in [0.3, 0.4) is 0 Å². The molecule has 1 rings (SSSR count). The first-order valence-corrected chi connectivity index (χ1v) is 5.86. The van der Waals surface area contributed by atoms with Crippen LogP contribution < -0.4 is 0 Å². The zero-order valence-electron chi connectivity index (χ0n) is 9.13. The highest BCUT2D eigenvalue weighted by Crippen LogP contribution is 2.17. The molecule has 1 unspecified atom stereocenters. The lowest BCUT2D eigenvalue weighted by Crippen LogP contribution is -2.28. The smallest absolute Gasteiger partial charge is 0.0558 e. The minimum atomic E-state index is 0.213. The maximum Gasteiger partial charge on any atom is 0.0558 e. The molecule has 0 saturated carbocycles. The summed E-state index contributed by atoms with van der Waals surface area (Å²) in [6.07, 6.45) is 0. The second-order valence-corrected chi connectivity index (χ2v) is 4.14. The summed E-state index contributed by atoms with van der Waals surface area (Å²) in [5.41, 5.74) is 1.32. The molecule has 1 atom stereocenters. The fraction of sp³-hybridized carbons (Fsp3) is 0.500. The Balaban J connectivity index is 2.56. The third kappa shape index (κ3) is 4.24. The number of nitrogens with zero attached hydrogens (tertiary/aromatic N) is 1. The lowest BCUT2D eigenvalue weighted by Gasteiger charge is -2.22. The SMILES string of the molecule is CN(CCO)CC(CS)c1ccccc1. The van der Waals surface area contributed by atoms with E-state index in [1.54, 1.807) is 0 Å². The Labute approximate surface area is 97.3 Å². The average Bonchev–Trinajstić information content (AvgIpc) is 2.27. The van der Waals surface area contributed by atoms with Gasteiger partial charge in [0.05, 0.1) is 6.61 Å². The predicted molar refractivity (Wildman–Crippen MR) is 67.6 cm³/mol. The summed E-state index contributed by atoms with van der Waals surface area (Å²) in [4.78, 5) is 2.13. The molecule has 0 aliphatic carbocycles. The van der Waals surface area contributed by atoms with Gasteiger partial charge < -0.3 is 10.0 Å². The van der Waals surface area contributed by atoms with Crippen LogP contribution in [0, 0.1) is 0 Å². The molecule has 0 heterocycles. The Morgan fingerprint density at radius 2 is 2.00 bits per heavy atom. The summed E-state index contributed by atoms with van der Waals surface area (Å²) >= 11 is 4.38. The van der Waals surface area contributed by atoms with Crippen molar-refractivity contribution in [1.29, 1.82) is 0 Å². The topological polar surface area (TPSA) is 23.5 Å². The molecule has 0 aliphatic rings. The molecule has 0 radical (unpaired) electrons. The molecule has 0 aromatic heterocycles. The molecule has 0 fully saturated rings. The number of hydrogen-bond donors (Lipinski definition) is 2. The normalized spacial score (nSPS) is 13.1. The Bertz CT molecular complexity index is 266. The maximum absolute atomic E-state index is 8.83. The van der Waals surface area contributed by atoms with Gasteiger partial charge in [-0.25, -0.2) is 0 Å². The summed E-state index contributed by atoms with van der Waals surface area (Å²) in [6, 6.07) is 10.4. The minimum Gasteiger partial charge on any atom is -0.395 e. The van der Waals surface area contributed by atoms with Gasteiger partial charge in [-0.3, -0.25) is 0 Å². The van der Waals surface area contributed by atoms with Crippen LogP contribution in [0.15, 0.2) is 30.3 Å². The molecular weight excluding hydrogens is 206 g/mol. The highest BCUT2D eigenvalue weighted by Gasteiger charge is 2.11. The molecule has 3 heteroatoms. The van der Waals surface area contributed by atoms with Crippen molar-refractivity contribution in [3.05, 3.63) is 35.9 Å². The first-order chi connectivity index (χ1) is 7.27. The molecule has 0 saturated heterocycles. The number of rotatable bonds is 6. The van der Waals surface area contributed by atoms with Crippen molar-refractivity contribution in [2.24, 2.45) is 0 Å². The van der Waals surface area contributed by atoms with Crippen LogP contribution >= 0.6 is 12.6 Å². The van der Waals surface area contributed by atoms with E-state index >= 15 is 0 Å². The van der Waals surface area contributed by atoms with E-state index in [0.29, 0.717) is 5.92 Å². The Morgan fingerprint density at radius 3 is 2.53 bits per heavy atom. The molecule has 2 nitrogen and oxygen atoms in total. The zero-order valence-corrected chi connectivity index (χ0v) is 10.0. The predicted octanol–water partition coefficient (Wildman–Crippen LogP) is 1.62. The fourth-order valence-corrected chi connectivity index (χ4v) is 1.96. The quantitative estimate of drug-likeness (QED) is 0.719. The summed E-state index contributed by atoms with van der Waals surface area (Å²) < 4.78 is 0. The highest BCUT2D eigenvalue weighted by atomic mass is 32.1. The third-order valence-corrected chi connectivity index (χ3v) is 2.95. The summed E-state index contributed by atoms with van der Waals surface area (Å²) in [5, 5.41) is 8.83. The highest BCUT2D eigenvalue weighted by molar-refractivity contribution is 7.80. The van der Waals surface area contributed by atoms with Gasteiger partial charge in [-0.05, 0) is 18.4 Å². The molecule has 1 aromatic carbocycles. The number of likely N-dealkylation sites (N-methyl/N-ethyl adjacent to an activating group) is 1. The van der Waals surface area contributed by atoms with Gasteiger partial charge in [0.25, 0.3) is 0 Å². The van der Waals surface area contributed by atoms with Crippen LogP contribution in [0.2, 0.25) is 0 Å². The van der Waals surface area contributed by atoms with E-state index < -0.39 is 0 Å². The van der Waals surface area contributed by atoms with Crippen molar-refractivity contribution < 1.29 is 5.11 Å². The van der Waals surface area contributed by atoms with E-state index in [1.165, 1.54) is 5.56 Å². The molecule has 0 spiro atoms. The Kier molecular flexibility index (Phi) is 5.76. The molecule has 15 heavy (non-hydrogen) atoms. The fourth-order valence-electron chi connectivity index (χ4n) is 1.63. The maximum atomic E-state index is 8.83. The molecular formula is C12H19NOS. The molecule has 84 valence electrons. The van der Waals surface area contributed by atoms with Gasteiger partial charge >= 0.3 is 0 Å². The molecule has 0 amide bonds. The van der Waals surface area contributed by atoms with Gasteiger partial charge in [-0.15, -0.1) is 0 Å².